The summed E-state index contributed by atoms with van der Waals surface area (Å²) in [4.78, 5) is 28.3. The highest BCUT2D eigenvalue weighted by Gasteiger charge is 2.39. The summed E-state index contributed by atoms with van der Waals surface area (Å²) in [5, 5.41) is 8.91. The number of anilines is 1. The van der Waals surface area contributed by atoms with Crippen molar-refractivity contribution in [3.63, 3.8) is 0 Å². The van der Waals surface area contributed by atoms with E-state index in [1.54, 1.807) is 29.2 Å². The highest BCUT2D eigenvalue weighted by molar-refractivity contribution is 5.98. The van der Waals surface area contributed by atoms with E-state index in [2.05, 4.69) is 6.07 Å². The first-order chi connectivity index (χ1) is 12.0. The normalized spacial score (nSPS) is 27.8. The highest BCUT2D eigenvalue weighted by atomic mass is 16.5. The van der Waals surface area contributed by atoms with Crippen molar-refractivity contribution >= 4 is 17.5 Å². The molecule has 2 aliphatic heterocycles. The van der Waals surface area contributed by atoms with Gasteiger partial charge in [0.05, 0.1) is 23.8 Å². The van der Waals surface area contributed by atoms with Crippen LogP contribution in [0.4, 0.5) is 5.69 Å². The van der Waals surface area contributed by atoms with Gasteiger partial charge in [-0.3, -0.25) is 14.5 Å². The van der Waals surface area contributed by atoms with Crippen molar-refractivity contribution in [1.29, 1.82) is 5.26 Å². The SMILES string of the molecule is C[C@@H]1CN(C2CCCN(c3ccc(C#N)cc3)C2=O)CC(C(N)=O)O1. The Balaban J connectivity index is 1.77. The number of piperidine rings is 1. The van der Waals surface area contributed by atoms with Gasteiger partial charge < -0.3 is 15.4 Å². The molecule has 1 aromatic carbocycles. The maximum atomic E-state index is 13.0. The fraction of sp³-hybridized carbons (Fsp3) is 0.500. The van der Waals surface area contributed by atoms with Crippen LogP contribution >= 0.6 is 0 Å². The Morgan fingerprint density at radius 3 is 2.68 bits per heavy atom. The third-order valence-electron chi connectivity index (χ3n) is 4.77. The average molecular weight is 342 g/mol. The molecule has 2 unspecified atom stereocenters. The predicted octanol–water partition coefficient (Wildman–Crippen LogP) is 0.628. The molecule has 0 saturated carbocycles. The Kier molecular flexibility index (Phi) is 5.02. The zero-order chi connectivity index (χ0) is 18.0. The van der Waals surface area contributed by atoms with E-state index in [0.29, 0.717) is 25.2 Å². The molecule has 7 nitrogen and oxygen atoms in total. The minimum atomic E-state index is -0.679. The first-order valence-corrected chi connectivity index (χ1v) is 8.50. The number of ether oxygens (including phenoxy) is 1. The van der Waals surface area contributed by atoms with Crippen LogP contribution in [-0.4, -0.2) is 54.6 Å². The maximum Gasteiger partial charge on any atom is 0.247 e. The number of nitrogens with zero attached hydrogens (tertiary/aromatic N) is 3. The summed E-state index contributed by atoms with van der Waals surface area (Å²) in [5.41, 5.74) is 6.75. The van der Waals surface area contributed by atoms with Gasteiger partial charge in [0.2, 0.25) is 11.8 Å². The Morgan fingerprint density at radius 2 is 2.04 bits per heavy atom. The monoisotopic (exact) mass is 342 g/mol. The summed E-state index contributed by atoms with van der Waals surface area (Å²) in [6.45, 7) is 3.48. The number of carbonyl (C=O) groups is 2. The first kappa shape index (κ1) is 17.4. The second kappa shape index (κ2) is 7.21. The molecule has 0 radical (unpaired) electrons. The molecule has 3 rings (SSSR count). The number of nitrogens with two attached hydrogens (primary N) is 1. The topological polar surface area (TPSA) is 99.7 Å². The molecule has 2 amide bonds. The third kappa shape index (κ3) is 3.65. The third-order valence-corrected chi connectivity index (χ3v) is 4.77. The van der Waals surface area contributed by atoms with Crippen molar-refractivity contribution in [2.75, 3.05) is 24.5 Å². The van der Waals surface area contributed by atoms with Gasteiger partial charge in [0.15, 0.2) is 0 Å². The van der Waals surface area contributed by atoms with Gasteiger partial charge in [0, 0.05) is 25.3 Å². The summed E-state index contributed by atoms with van der Waals surface area (Å²) in [7, 11) is 0. The van der Waals surface area contributed by atoms with Gasteiger partial charge in [-0.25, -0.2) is 0 Å². The molecule has 132 valence electrons. The summed E-state index contributed by atoms with van der Waals surface area (Å²) in [5.74, 6) is -0.475. The minimum Gasteiger partial charge on any atom is -0.367 e. The number of morpholine rings is 1. The summed E-state index contributed by atoms with van der Waals surface area (Å²) in [6.07, 6.45) is 0.805. The van der Waals surface area contributed by atoms with Crippen molar-refractivity contribution in [3.05, 3.63) is 29.8 Å². The zero-order valence-corrected chi connectivity index (χ0v) is 14.2. The molecule has 7 heteroatoms. The molecule has 0 bridgehead atoms. The maximum absolute atomic E-state index is 13.0. The lowest BCUT2D eigenvalue weighted by atomic mass is 10.00. The van der Waals surface area contributed by atoms with E-state index < -0.39 is 12.0 Å². The molecule has 1 aromatic rings. The molecule has 25 heavy (non-hydrogen) atoms. The molecule has 2 N–H and O–H groups in total. The number of nitriles is 1. The number of hydrogen-bond acceptors (Lipinski definition) is 5. The van der Waals surface area contributed by atoms with Gasteiger partial charge in [0.25, 0.3) is 0 Å². The largest absolute Gasteiger partial charge is 0.367 e. The van der Waals surface area contributed by atoms with Crippen LogP contribution in [0.15, 0.2) is 24.3 Å². The quantitative estimate of drug-likeness (QED) is 0.868. The average Bonchev–Trinajstić information content (AvgIpc) is 2.61. The predicted molar refractivity (Wildman–Crippen MR) is 91.6 cm³/mol. The Labute approximate surface area is 146 Å². The van der Waals surface area contributed by atoms with E-state index >= 15 is 0 Å². The van der Waals surface area contributed by atoms with Crippen LogP contribution in [-0.2, 0) is 14.3 Å². The van der Waals surface area contributed by atoms with Crippen molar-refractivity contribution < 1.29 is 14.3 Å². The second-order valence-corrected chi connectivity index (χ2v) is 6.60. The van der Waals surface area contributed by atoms with E-state index in [1.807, 2.05) is 11.8 Å². The van der Waals surface area contributed by atoms with Crippen molar-refractivity contribution in [2.24, 2.45) is 5.73 Å². The van der Waals surface area contributed by atoms with Crippen molar-refractivity contribution in [1.82, 2.24) is 4.90 Å². The number of hydrogen-bond donors (Lipinski definition) is 1. The van der Waals surface area contributed by atoms with E-state index in [0.717, 1.165) is 18.5 Å². The molecule has 3 atom stereocenters. The summed E-state index contributed by atoms with van der Waals surface area (Å²) < 4.78 is 5.57. The van der Waals surface area contributed by atoms with Gasteiger partial charge in [-0.05, 0) is 44.0 Å². The number of benzene rings is 1. The molecular formula is C18H22N4O3. The van der Waals surface area contributed by atoms with Crippen LogP contribution in [0, 0.1) is 11.3 Å². The fourth-order valence-electron chi connectivity index (χ4n) is 3.56. The molecule has 0 aromatic heterocycles. The Hall–Kier alpha value is -2.43. The second-order valence-electron chi connectivity index (χ2n) is 6.60. The lowest BCUT2D eigenvalue weighted by molar-refractivity contribution is -0.148. The standard InChI is InChI=1S/C18H22N4O3/c1-12-10-21(11-16(25-12)17(20)23)15-3-2-8-22(18(15)24)14-6-4-13(9-19)5-7-14/h4-7,12,15-16H,2-3,8,10-11H2,1H3,(H2,20,23)/t12-,15?,16?/m1/s1. The van der Waals surface area contributed by atoms with E-state index in [9.17, 15) is 9.59 Å². The van der Waals surface area contributed by atoms with Crippen molar-refractivity contribution in [2.45, 2.75) is 38.0 Å². The van der Waals surface area contributed by atoms with E-state index in [-0.39, 0.29) is 18.1 Å². The lowest BCUT2D eigenvalue weighted by Crippen LogP contribution is -2.60. The van der Waals surface area contributed by atoms with E-state index in [4.69, 9.17) is 15.7 Å². The molecule has 2 aliphatic rings. The molecule has 2 fully saturated rings. The number of primary amides is 1. The number of rotatable bonds is 3. The highest BCUT2D eigenvalue weighted by Crippen LogP contribution is 2.26. The summed E-state index contributed by atoms with van der Waals surface area (Å²) >= 11 is 0. The molecular weight excluding hydrogens is 320 g/mol. The van der Waals surface area contributed by atoms with Gasteiger partial charge in [-0.1, -0.05) is 0 Å². The van der Waals surface area contributed by atoms with E-state index in [1.165, 1.54) is 0 Å². The van der Waals surface area contributed by atoms with Crippen molar-refractivity contribution in [3.8, 4) is 6.07 Å². The molecule has 0 spiro atoms. The number of carbonyl (C=O) groups excluding carboxylic acids is 2. The summed E-state index contributed by atoms with van der Waals surface area (Å²) in [6, 6.07) is 8.83. The van der Waals surface area contributed by atoms with Crippen LogP contribution in [0.3, 0.4) is 0 Å². The lowest BCUT2D eigenvalue weighted by Gasteiger charge is -2.43. The van der Waals surface area contributed by atoms with Crippen LogP contribution in [0.25, 0.3) is 0 Å². The fourth-order valence-corrected chi connectivity index (χ4v) is 3.56. The number of amides is 2. The minimum absolute atomic E-state index is 0.0216. The molecule has 2 heterocycles. The molecule has 2 saturated heterocycles. The molecule has 0 aliphatic carbocycles. The van der Waals surface area contributed by atoms with Crippen LogP contribution < -0.4 is 10.6 Å². The van der Waals surface area contributed by atoms with Crippen LogP contribution in [0.2, 0.25) is 0 Å². The van der Waals surface area contributed by atoms with Gasteiger partial charge in [-0.2, -0.15) is 5.26 Å². The Morgan fingerprint density at radius 1 is 1.32 bits per heavy atom. The smallest absolute Gasteiger partial charge is 0.247 e. The van der Waals surface area contributed by atoms with Crippen LogP contribution in [0.5, 0.6) is 0 Å². The first-order valence-electron chi connectivity index (χ1n) is 8.50. The van der Waals surface area contributed by atoms with Gasteiger partial charge in [-0.15, -0.1) is 0 Å². The van der Waals surface area contributed by atoms with Crippen LogP contribution in [0.1, 0.15) is 25.3 Å². The zero-order valence-electron chi connectivity index (χ0n) is 14.2. The van der Waals surface area contributed by atoms with Gasteiger partial charge >= 0.3 is 0 Å². The van der Waals surface area contributed by atoms with Gasteiger partial charge in [0.1, 0.15) is 6.10 Å². The Bertz CT molecular complexity index is 697.